The molecule has 0 aliphatic carbocycles. The van der Waals surface area contributed by atoms with E-state index in [0.29, 0.717) is 12.2 Å². The van der Waals surface area contributed by atoms with Crippen molar-refractivity contribution in [3.05, 3.63) is 24.5 Å². The second-order valence-corrected chi connectivity index (χ2v) is 1.57. The summed E-state index contributed by atoms with van der Waals surface area (Å²) in [6.45, 7) is 5.42. The van der Waals surface area contributed by atoms with E-state index in [-0.39, 0.29) is 0 Å². The second kappa shape index (κ2) is 4.44. The first-order valence-electron chi connectivity index (χ1n) is 2.80. The topological polar surface area (TPSA) is 20.2 Å². The van der Waals surface area contributed by atoms with Crippen LogP contribution in [0.3, 0.4) is 0 Å². The molecule has 0 saturated carbocycles. The summed E-state index contributed by atoms with van der Waals surface area (Å²) in [7, 11) is 0. The van der Waals surface area contributed by atoms with Crippen molar-refractivity contribution in [3.63, 3.8) is 0 Å². The van der Waals surface area contributed by atoms with E-state index >= 15 is 0 Å². The van der Waals surface area contributed by atoms with Gasteiger partial charge in [-0.2, -0.15) is 0 Å². The van der Waals surface area contributed by atoms with Gasteiger partial charge in [-0.3, -0.25) is 0 Å². The summed E-state index contributed by atoms with van der Waals surface area (Å²) >= 11 is 0. The molecule has 8 heavy (non-hydrogen) atoms. The predicted molar refractivity (Wildman–Crippen MR) is 35.8 cm³/mol. The van der Waals surface area contributed by atoms with Gasteiger partial charge in [0.05, 0.1) is 5.76 Å². The third-order valence-corrected chi connectivity index (χ3v) is 0.882. The standard InChI is InChI=1S/C7H12O/c1-3-5-6-7(8)4-2/h3,6,8H,1,4-5H2,2H3/b7-6-. The van der Waals surface area contributed by atoms with Gasteiger partial charge in [0.2, 0.25) is 0 Å². The molecule has 0 aromatic carbocycles. The zero-order chi connectivity index (χ0) is 6.41. The molecular weight excluding hydrogens is 100 g/mol. The van der Waals surface area contributed by atoms with Gasteiger partial charge in [0.1, 0.15) is 0 Å². The fraction of sp³-hybridized carbons (Fsp3) is 0.429. The lowest BCUT2D eigenvalue weighted by atomic mass is 10.3. The van der Waals surface area contributed by atoms with Crippen LogP contribution < -0.4 is 0 Å². The van der Waals surface area contributed by atoms with E-state index in [1.54, 1.807) is 12.2 Å². The summed E-state index contributed by atoms with van der Waals surface area (Å²) in [4.78, 5) is 0. The summed E-state index contributed by atoms with van der Waals surface area (Å²) in [5.41, 5.74) is 0. The van der Waals surface area contributed by atoms with Crippen LogP contribution in [0.1, 0.15) is 19.8 Å². The normalized spacial score (nSPS) is 11.4. The molecule has 0 spiro atoms. The van der Waals surface area contributed by atoms with E-state index in [9.17, 15) is 0 Å². The average Bonchev–Trinajstić information content (AvgIpc) is 1.83. The lowest BCUT2D eigenvalue weighted by Crippen LogP contribution is -1.73. The summed E-state index contributed by atoms with van der Waals surface area (Å²) in [5, 5.41) is 8.80. The third kappa shape index (κ3) is 3.47. The third-order valence-electron chi connectivity index (χ3n) is 0.882. The van der Waals surface area contributed by atoms with Crippen LogP contribution in [0.5, 0.6) is 0 Å². The van der Waals surface area contributed by atoms with Crippen molar-refractivity contribution in [3.8, 4) is 0 Å². The molecule has 1 N–H and O–H groups in total. The summed E-state index contributed by atoms with van der Waals surface area (Å²) in [6.07, 6.45) is 4.99. The monoisotopic (exact) mass is 112 g/mol. The van der Waals surface area contributed by atoms with E-state index in [4.69, 9.17) is 5.11 Å². The van der Waals surface area contributed by atoms with Crippen LogP contribution in [-0.4, -0.2) is 5.11 Å². The maximum atomic E-state index is 8.80. The van der Waals surface area contributed by atoms with E-state index in [2.05, 4.69) is 6.58 Å². The van der Waals surface area contributed by atoms with Crippen molar-refractivity contribution in [1.82, 2.24) is 0 Å². The van der Waals surface area contributed by atoms with E-state index < -0.39 is 0 Å². The number of aliphatic hydroxyl groups excluding tert-OH is 1. The molecule has 0 rings (SSSR count). The molecule has 0 heterocycles. The maximum Gasteiger partial charge on any atom is 0.0883 e. The van der Waals surface area contributed by atoms with Crippen LogP contribution in [0.15, 0.2) is 24.5 Å². The molecule has 1 nitrogen and oxygen atoms in total. The molecule has 0 saturated heterocycles. The number of allylic oxidation sites excluding steroid dienone is 3. The molecule has 0 aliphatic rings. The fourth-order valence-electron chi connectivity index (χ4n) is 0.364. The lowest BCUT2D eigenvalue weighted by Gasteiger charge is -1.88. The SMILES string of the molecule is C=CC/C=C(\O)CC. The Hall–Kier alpha value is -0.720. The molecule has 46 valence electrons. The largest absolute Gasteiger partial charge is 0.513 e. The lowest BCUT2D eigenvalue weighted by molar-refractivity contribution is 0.392. The minimum absolute atomic E-state index is 0.449. The number of aliphatic hydroxyl groups is 1. The van der Waals surface area contributed by atoms with Gasteiger partial charge >= 0.3 is 0 Å². The summed E-state index contributed by atoms with van der Waals surface area (Å²) < 4.78 is 0. The zero-order valence-corrected chi connectivity index (χ0v) is 5.22. The second-order valence-electron chi connectivity index (χ2n) is 1.57. The number of hydrogen-bond donors (Lipinski definition) is 1. The molecule has 0 amide bonds. The highest BCUT2D eigenvalue weighted by Gasteiger charge is 1.81. The molecule has 0 fully saturated rings. The molecule has 1 heteroatoms. The van der Waals surface area contributed by atoms with Crippen LogP contribution in [0.4, 0.5) is 0 Å². The molecule has 0 aromatic rings. The van der Waals surface area contributed by atoms with Gasteiger partial charge in [0.25, 0.3) is 0 Å². The van der Waals surface area contributed by atoms with Crippen molar-refractivity contribution in [2.75, 3.05) is 0 Å². The first-order chi connectivity index (χ1) is 3.81. The Balaban J connectivity index is 3.40. The van der Waals surface area contributed by atoms with Crippen LogP contribution in [0.25, 0.3) is 0 Å². The van der Waals surface area contributed by atoms with Gasteiger partial charge in [-0.25, -0.2) is 0 Å². The van der Waals surface area contributed by atoms with Crippen molar-refractivity contribution in [2.45, 2.75) is 19.8 Å². The van der Waals surface area contributed by atoms with Gasteiger partial charge < -0.3 is 5.11 Å². The highest BCUT2D eigenvalue weighted by Crippen LogP contribution is 1.95. The van der Waals surface area contributed by atoms with Crippen LogP contribution in [0, 0.1) is 0 Å². The first-order valence-corrected chi connectivity index (χ1v) is 2.80. The van der Waals surface area contributed by atoms with Crippen molar-refractivity contribution >= 4 is 0 Å². The van der Waals surface area contributed by atoms with Crippen LogP contribution in [-0.2, 0) is 0 Å². The van der Waals surface area contributed by atoms with Gasteiger partial charge in [0.15, 0.2) is 0 Å². The van der Waals surface area contributed by atoms with Gasteiger partial charge in [-0.15, -0.1) is 6.58 Å². The Morgan fingerprint density at radius 1 is 1.75 bits per heavy atom. The van der Waals surface area contributed by atoms with Gasteiger partial charge in [-0.1, -0.05) is 13.0 Å². The van der Waals surface area contributed by atoms with Crippen molar-refractivity contribution in [2.24, 2.45) is 0 Å². The predicted octanol–water partition coefficient (Wildman–Crippen LogP) is 2.41. The zero-order valence-electron chi connectivity index (χ0n) is 5.22. The van der Waals surface area contributed by atoms with Crippen molar-refractivity contribution < 1.29 is 5.11 Å². The van der Waals surface area contributed by atoms with E-state index in [1.807, 2.05) is 6.92 Å². The van der Waals surface area contributed by atoms with Gasteiger partial charge in [0, 0.05) is 6.42 Å². The minimum Gasteiger partial charge on any atom is -0.513 e. The molecule has 0 atom stereocenters. The highest BCUT2D eigenvalue weighted by atomic mass is 16.3. The first kappa shape index (κ1) is 7.28. The maximum absolute atomic E-state index is 8.80. The molecule has 0 unspecified atom stereocenters. The number of hydrogen-bond acceptors (Lipinski definition) is 1. The Bertz CT molecular complexity index is 92.6. The average molecular weight is 112 g/mol. The quantitative estimate of drug-likeness (QED) is 0.439. The smallest absolute Gasteiger partial charge is 0.0883 e. The highest BCUT2D eigenvalue weighted by molar-refractivity contribution is 4.93. The van der Waals surface area contributed by atoms with E-state index in [0.717, 1.165) is 6.42 Å². The number of rotatable bonds is 3. The van der Waals surface area contributed by atoms with E-state index in [1.165, 1.54) is 0 Å². The van der Waals surface area contributed by atoms with Crippen molar-refractivity contribution in [1.29, 1.82) is 0 Å². The fourth-order valence-corrected chi connectivity index (χ4v) is 0.364. The molecule has 0 radical (unpaired) electrons. The van der Waals surface area contributed by atoms with Crippen LogP contribution >= 0.6 is 0 Å². The summed E-state index contributed by atoms with van der Waals surface area (Å²) in [6, 6.07) is 0. The Morgan fingerprint density at radius 2 is 2.38 bits per heavy atom. The molecule has 0 aliphatic heterocycles. The minimum atomic E-state index is 0.449. The van der Waals surface area contributed by atoms with Gasteiger partial charge in [-0.05, 0) is 12.5 Å². The summed E-state index contributed by atoms with van der Waals surface area (Å²) in [5.74, 6) is 0.449. The Labute approximate surface area is 50.3 Å². The molecular formula is C7H12O. The van der Waals surface area contributed by atoms with Crippen LogP contribution in [0.2, 0.25) is 0 Å². The Morgan fingerprint density at radius 3 is 2.75 bits per heavy atom. The molecule has 0 bridgehead atoms. The molecule has 0 aromatic heterocycles. The Kier molecular flexibility index (Phi) is 4.04.